The maximum atomic E-state index is 11.7. The molecule has 0 aliphatic rings. The molecule has 4 heteroatoms. The minimum absolute atomic E-state index is 0.290. The van der Waals surface area contributed by atoms with E-state index < -0.39 is 0 Å². The second-order valence-corrected chi connectivity index (χ2v) is 4.91. The summed E-state index contributed by atoms with van der Waals surface area (Å²) in [6.07, 6.45) is 0. The van der Waals surface area contributed by atoms with Crippen LogP contribution in [0.1, 0.15) is 5.56 Å². The van der Waals surface area contributed by atoms with E-state index in [2.05, 4.69) is 0 Å². The zero-order valence-corrected chi connectivity index (χ0v) is 10.6. The molecule has 2 aromatic heterocycles. The lowest BCUT2D eigenvalue weighted by molar-refractivity contribution is 0.326. The van der Waals surface area contributed by atoms with E-state index in [9.17, 15) is 4.79 Å². The maximum Gasteiger partial charge on any atom is 0.361 e. The van der Waals surface area contributed by atoms with Crippen molar-refractivity contribution in [2.45, 2.75) is 6.92 Å². The van der Waals surface area contributed by atoms with Gasteiger partial charge < -0.3 is 4.52 Å². The van der Waals surface area contributed by atoms with E-state index in [4.69, 9.17) is 4.52 Å². The first-order chi connectivity index (χ1) is 8.77. The van der Waals surface area contributed by atoms with Crippen molar-refractivity contribution in [3.05, 3.63) is 63.8 Å². The Kier molecular flexibility index (Phi) is 2.64. The molecular weight excluding hydrogens is 246 g/mol. The van der Waals surface area contributed by atoms with Crippen LogP contribution in [-0.2, 0) is 0 Å². The van der Waals surface area contributed by atoms with E-state index in [0.717, 1.165) is 16.3 Å². The van der Waals surface area contributed by atoms with Gasteiger partial charge in [0.15, 0.2) is 0 Å². The number of benzene rings is 1. The highest BCUT2D eigenvalue weighted by Crippen LogP contribution is 2.28. The van der Waals surface area contributed by atoms with E-state index in [1.54, 1.807) is 23.0 Å². The molecular formula is C14H11NO2S. The van der Waals surface area contributed by atoms with Crippen molar-refractivity contribution in [3.63, 3.8) is 0 Å². The zero-order chi connectivity index (χ0) is 12.5. The first-order valence-corrected chi connectivity index (χ1v) is 6.47. The predicted molar refractivity (Wildman–Crippen MR) is 72.4 cm³/mol. The quantitative estimate of drug-likeness (QED) is 0.704. The Balaban J connectivity index is 2.29. The minimum atomic E-state index is -0.290. The first kappa shape index (κ1) is 11.0. The van der Waals surface area contributed by atoms with Crippen molar-refractivity contribution in [2.75, 3.05) is 0 Å². The molecule has 0 saturated carbocycles. The van der Waals surface area contributed by atoms with Crippen LogP contribution >= 0.6 is 11.3 Å². The number of para-hydroxylation sites is 1. The zero-order valence-electron chi connectivity index (χ0n) is 9.79. The largest absolute Gasteiger partial charge is 0.361 e. The van der Waals surface area contributed by atoms with E-state index in [1.165, 1.54) is 0 Å². The van der Waals surface area contributed by atoms with Crippen LogP contribution in [0.5, 0.6) is 0 Å². The van der Waals surface area contributed by atoms with Gasteiger partial charge in [-0.05, 0) is 30.5 Å². The molecule has 0 atom stereocenters. The second-order valence-electron chi connectivity index (χ2n) is 3.96. The highest BCUT2D eigenvalue weighted by Gasteiger charge is 2.17. The average molecular weight is 257 g/mol. The fourth-order valence-corrected chi connectivity index (χ4v) is 2.70. The first-order valence-electron chi connectivity index (χ1n) is 5.59. The van der Waals surface area contributed by atoms with Crippen molar-refractivity contribution < 1.29 is 4.52 Å². The van der Waals surface area contributed by atoms with Crippen LogP contribution in [0.25, 0.3) is 16.3 Å². The number of rotatable bonds is 2. The third-order valence-electron chi connectivity index (χ3n) is 2.78. The van der Waals surface area contributed by atoms with Gasteiger partial charge in [0.25, 0.3) is 0 Å². The number of hydrogen-bond donors (Lipinski definition) is 0. The van der Waals surface area contributed by atoms with Crippen LogP contribution in [0.2, 0.25) is 0 Å². The molecule has 18 heavy (non-hydrogen) atoms. The number of nitrogens with zero attached hydrogens (tertiary/aromatic N) is 1. The van der Waals surface area contributed by atoms with Crippen LogP contribution in [0.15, 0.2) is 57.2 Å². The van der Waals surface area contributed by atoms with Gasteiger partial charge in [-0.1, -0.05) is 24.3 Å². The lowest BCUT2D eigenvalue weighted by Gasteiger charge is -2.04. The van der Waals surface area contributed by atoms with Gasteiger partial charge in [-0.3, -0.25) is 0 Å². The number of aromatic nitrogens is 1. The summed E-state index contributed by atoms with van der Waals surface area (Å²) in [4.78, 5) is 12.8. The summed E-state index contributed by atoms with van der Waals surface area (Å²) in [6.45, 7) is 1.79. The summed E-state index contributed by atoms with van der Waals surface area (Å²) >= 11 is 1.59. The van der Waals surface area contributed by atoms with Gasteiger partial charge in [0, 0.05) is 0 Å². The van der Waals surface area contributed by atoms with Gasteiger partial charge in [0.2, 0.25) is 0 Å². The van der Waals surface area contributed by atoms with Gasteiger partial charge in [-0.25, -0.2) is 4.79 Å². The number of thiophene rings is 1. The van der Waals surface area contributed by atoms with Crippen molar-refractivity contribution in [3.8, 4) is 16.3 Å². The Morgan fingerprint density at radius 2 is 1.89 bits per heavy atom. The molecule has 0 aliphatic heterocycles. The van der Waals surface area contributed by atoms with E-state index in [-0.39, 0.29) is 5.63 Å². The highest BCUT2D eigenvalue weighted by atomic mass is 32.1. The molecule has 90 valence electrons. The normalized spacial score (nSPS) is 10.7. The molecule has 0 spiro atoms. The molecule has 0 unspecified atom stereocenters. The van der Waals surface area contributed by atoms with Gasteiger partial charge in [-0.2, -0.15) is 4.74 Å². The third kappa shape index (κ3) is 1.71. The number of hydrogen-bond acceptors (Lipinski definition) is 3. The predicted octanol–water partition coefficient (Wildman–Crippen LogP) is 3.47. The highest BCUT2D eigenvalue weighted by molar-refractivity contribution is 7.13. The second kappa shape index (κ2) is 4.31. The molecule has 3 aromatic rings. The molecule has 0 fully saturated rings. The van der Waals surface area contributed by atoms with Crippen LogP contribution in [-0.4, -0.2) is 4.74 Å². The van der Waals surface area contributed by atoms with Crippen molar-refractivity contribution in [2.24, 2.45) is 0 Å². The topological polar surface area (TPSA) is 35.1 Å². The van der Waals surface area contributed by atoms with E-state index >= 15 is 0 Å². The van der Waals surface area contributed by atoms with E-state index in [1.807, 2.05) is 47.8 Å². The van der Waals surface area contributed by atoms with E-state index in [0.29, 0.717) is 5.56 Å². The van der Waals surface area contributed by atoms with Crippen molar-refractivity contribution >= 4 is 11.3 Å². The van der Waals surface area contributed by atoms with Crippen LogP contribution in [0.4, 0.5) is 0 Å². The molecule has 2 heterocycles. The molecule has 0 amide bonds. The summed E-state index contributed by atoms with van der Waals surface area (Å²) in [7, 11) is 0. The minimum Gasteiger partial charge on any atom is -0.331 e. The van der Waals surface area contributed by atoms with Gasteiger partial charge >= 0.3 is 5.63 Å². The molecule has 0 aliphatic carbocycles. The Morgan fingerprint density at radius 1 is 1.11 bits per heavy atom. The summed E-state index contributed by atoms with van der Waals surface area (Å²) in [5, 5.41) is 1.99. The molecule has 0 bridgehead atoms. The van der Waals surface area contributed by atoms with Gasteiger partial charge in [-0.15, -0.1) is 11.3 Å². The summed E-state index contributed by atoms with van der Waals surface area (Å²) in [6, 6.07) is 13.6. The lowest BCUT2D eigenvalue weighted by Crippen LogP contribution is -1.95. The molecule has 0 saturated heterocycles. The van der Waals surface area contributed by atoms with Crippen LogP contribution in [0, 0.1) is 6.92 Å². The average Bonchev–Trinajstić information content (AvgIpc) is 3.00. The third-order valence-corrected chi connectivity index (χ3v) is 3.66. The van der Waals surface area contributed by atoms with Gasteiger partial charge in [0.1, 0.15) is 5.69 Å². The Morgan fingerprint density at radius 3 is 2.56 bits per heavy atom. The van der Waals surface area contributed by atoms with Crippen molar-refractivity contribution in [1.29, 1.82) is 0 Å². The molecule has 3 nitrogen and oxygen atoms in total. The Bertz CT molecular complexity index is 708. The van der Waals surface area contributed by atoms with Gasteiger partial charge in [0.05, 0.1) is 16.1 Å². The molecule has 0 radical (unpaired) electrons. The maximum absolute atomic E-state index is 11.7. The smallest absolute Gasteiger partial charge is 0.331 e. The Labute approximate surface area is 108 Å². The molecule has 3 rings (SSSR count). The lowest BCUT2D eigenvalue weighted by atomic mass is 10.2. The summed E-state index contributed by atoms with van der Waals surface area (Å²) in [5.74, 6) is 0. The summed E-state index contributed by atoms with van der Waals surface area (Å²) in [5.41, 5.74) is 2.04. The molecule has 1 aromatic carbocycles. The van der Waals surface area contributed by atoms with Crippen molar-refractivity contribution in [1.82, 2.24) is 4.74 Å². The fourth-order valence-electron chi connectivity index (χ4n) is 1.89. The SMILES string of the molecule is Cc1c(-c2cccs2)n(-c2ccccc2)oc1=O. The molecule has 0 N–H and O–H groups in total. The monoisotopic (exact) mass is 257 g/mol. The Hall–Kier alpha value is -2.07. The van der Waals surface area contributed by atoms with Crippen LogP contribution < -0.4 is 5.63 Å². The summed E-state index contributed by atoms with van der Waals surface area (Å²) < 4.78 is 6.92. The fraction of sp³-hybridized carbons (Fsp3) is 0.0714. The standard InChI is InChI=1S/C14H11NO2S/c1-10-13(12-8-5-9-18-12)15(17-14(10)16)11-6-3-2-4-7-11/h2-9H,1H3. The van der Waals surface area contributed by atoms with Crippen LogP contribution in [0.3, 0.4) is 0 Å².